The zero-order chi connectivity index (χ0) is 14.8. The van der Waals surface area contributed by atoms with Crippen molar-refractivity contribution in [3.8, 4) is 0 Å². The Morgan fingerprint density at radius 3 is 1.62 bits per heavy atom. The minimum Gasteiger partial charge on any atom is -0.0845 e. The van der Waals surface area contributed by atoms with Gasteiger partial charge < -0.3 is 0 Å². The van der Waals surface area contributed by atoms with E-state index in [9.17, 15) is 0 Å². The number of rotatable bonds is 0. The molecule has 21 heavy (non-hydrogen) atoms. The van der Waals surface area contributed by atoms with Crippen LogP contribution in [0.3, 0.4) is 0 Å². The average Bonchev–Trinajstić information content (AvgIpc) is 2.50. The molecule has 0 amide bonds. The lowest BCUT2D eigenvalue weighted by Crippen LogP contribution is -1.83. The maximum Gasteiger partial charge on any atom is -0.0276 e. The third kappa shape index (κ3) is 13.9. The van der Waals surface area contributed by atoms with Gasteiger partial charge in [-0.3, -0.25) is 0 Å². The Bertz CT molecular complexity index is 254. The summed E-state index contributed by atoms with van der Waals surface area (Å²) in [5.41, 5.74) is 0. The van der Waals surface area contributed by atoms with Crippen LogP contribution in [0, 0.1) is 6.08 Å². The van der Waals surface area contributed by atoms with Gasteiger partial charge in [0.1, 0.15) is 0 Å². The van der Waals surface area contributed by atoms with Crippen molar-refractivity contribution in [1.29, 1.82) is 0 Å². The summed E-state index contributed by atoms with van der Waals surface area (Å²) in [6.45, 7) is 0. The Morgan fingerprint density at radius 2 is 1.00 bits per heavy atom. The van der Waals surface area contributed by atoms with E-state index in [0.29, 0.717) is 0 Å². The van der Waals surface area contributed by atoms with Gasteiger partial charge in [0.25, 0.3) is 0 Å². The van der Waals surface area contributed by atoms with Crippen molar-refractivity contribution in [2.75, 3.05) is 0 Å². The molecule has 0 spiro atoms. The average molecular weight is 288 g/mol. The number of allylic oxidation sites excluding steroid dienone is 6. The van der Waals surface area contributed by atoms with Gasteiger partial charge in [0.15, 0.2) is 0 Å². The smallest absolute Gasteiger partial charge is 0.0276 e. The molecule has 0 saturated carbocycles. The Labute approximate surface area is 133 Å². The number of hydrogen-bond acceptors (Lipinski definition) is 0. The van der Waals surface area contributed by atoms with Crippen LogP contribution in [-0.4, -0.2) is 0 Å². The van der Waals surface area contributed by atoms with Crippen LogP contribution in [0.2, 0.25) is 0 Å². The summed E-state index contributed by atoms with van der Waals surface area (Å²) in [6, 6.07) is 0. The SMILES string of the molecule is [C]1=C/C=C/C=C/CCCCCCCCCCCCCCC/1. The third-order valence-corrected chi connectivity index (χ3v) is 4.26. The summed E-state index contributed by atoms with van der Waals surface area (Å²) in [6.07, 6.45) is 35.0. The molecule has 0 nitrogen and oxygen atoms in total. The molecule has 0 bridgehead atoms. The molecule has 1 radical (unpaired) electrons. The molecule has 0 atom stereocenters. The van der Waals surface area contributed by atoms with Gasteiger partial charge in [0, 0.05) is 0 Å². The minimum absolute atomic E-state index is 1.12. The molecule has 0 saturated heterocycles. The highest BCUT2D eigenvalue weighted by atomic mass is 14.0. The van der Waals surface area contributed by atoms with Crippen LogP contribution in [0.1, 0.15) is 96.3 Å². The topological polar surface area (TPSA) is 0 Å². The van der Waals surface area contributed by atoms with Crippen LogP contribution in [0.5, 0.6) is 0 Å². The van der Waals surface area contributed by atoms with E-state index in [1.807, 2.05) is 0 Å². The molecular formula is C21H35. The van der Waals surface area contributed by atoms with E-state index in [1.54, 1.807) is 0 Å². The first-order valence-electron chi connectivity index (χ1n) is 9.38. The highest BCUT2D eigenvalue weighted by Crippen LogP contribution is 2.13. The summed E-state index contributed by atoms with van der Waals surface area (Å²) in [5.74, 6) is 0. The first-order chi connectivity index (χ1) is 10.5. The highest BCUT2D eigenvalue weighted by molar-refractivity contribution is 5.09. The van der Waals surface area contributed by atoms with Gasteiger partial charge >= 0.3 is 0 Å². The predicted octanol–water partition coefficient (Wildman–Crippen LogP) is 7.32. The predicted molar refractivity (Wildman–Crippen MR) is 95.3 cm³/mol. The highest BCUT2D eigenvalue weighted by Gasteiger charge is 1.94. The van der Waals surface area contributed by atoms with Crippen LogP contribution >= 0.6 is 0 Å². The molecule has 0 aromatic rings. The number of hydrogen-bond donors (Lipinski definition) is 0. The molecule has 0 unspecified atom stereocenters. The van der Waals surface area contributed by atoms with Crippen LogP contribution < -0.4 is 0 Å². The molecule has 0 N–H and O–H groups in total. The second kappa shape index (κ2) is 15.6. The largest absolute Gasteiger partial charge is 0.0845 e. The molecule has 0 heteroatoms. The van der Waals surface area contributed by atoms with E-state index in [2.05, 4.69) is 36.5 Å². The second-order valence-corrected chi connectivity index (χ2v) is 6.32. The van der Waals surface area contributed by atoms with E-state index in [-0.39, 0.29) is 0 Å². The second-order valence-electron chi connectivity index (χ2n) is 6.32. The molecule has 119 valence electrons. The zero-order valence-electron chi connectivity index (χ0n) is 14.0. The van der Waals surface area contributed by atoms with Crippen LogP contribution in [0.15, 0.2) is 30.4 Å². The molecule has 0 heterocycles. The van der Waals surface area contributed by atoms with Crippen molar-refractivity contribution in [2.24, 2.45) is 0 Å². The van der Waals surface area contributed by atoms with Gasteiger partial charge in [-0.15, -0.1) is 0 Å². The van der Waals surface area contributed by atoms with Gasteiger partial charge in [-0.25, -0.2) is 0 Å². The fourth-order valence-electron chi connectivity index (χ4n) is 2.88. The first-order valence-corrected chi connectivity index (χ1v) is 9.38. The fraction of sp³-hybridized carbons (Fsp3) is 0.714. The quantitative estimate of drug-likeness (QED) is 0.437. The van der Waals surface area contributed by atoms with Crippen molar-refractivity contribution in [1.82, 2.24) is 0 Å². The third-order valence-electron chi connectivity index (χ3n) is 4.26. The molecule has 0 aromatic carbocycles. The van der Waals surface area contributed by atoms with Gasteiger partial charge in [0.05, 0.1) is 0 Å². The molecule has 0 aliphatic heterocycles. The molecule has 1 rings (SSSR count). The van der Waals surface area contributed by atoms with Gasteiger partial charge in [-0.05, 0) is 31.8 Å². The summed E-state index contributed by atoms with van der Waals surface area (Å²) in [7, 11) is 0. The van der Waals surface area contributed by atoms with Crippen molar-refractivity contribution in [2.45, 2.75) is 96.3 Å². The van der Waals surface area contributed by atoms with Gasteiger partial charge in [-0.1, -0.05) is 101 Å². The van der Waals surface area contributed by atoms with Crippen LogP contribution in [0.4, 0.5) is 0 Å². The van der Waals surface area contributed by atoms with E-state index < -0.39 is 0 Å². The lowest BCUT2D eigenvalue weighted by molar-refractivity contribution is 0.537. The first kappa shape index (κ1) is 18.3. The zero-order valence-corrected chi connectivity index (χ0v) is 14.0. The molecule has 1 aliphatic carbocycles. The summed E-state index contributed by atoms with van der Waals surface area (Å²) in [4.78, 5) is 0. The monoisotopic (exact) mass is 287 g/mol. The van der Waals surface area contributed by atoms with Crippen molar-refractivity contribution >= 4 is 0 Å². The van der Waals surface area contributed by atoms with Crippen molar-refractivity contribution < 1.29 is 0 Å². The lowest BCUT2D eigenvalue weighted by atomic mass is 10.0. The van der Waals surface area contributed by atoms with Crippen LogP contribution in [0.25, 0.3) is 0 Å². The van der Waals surface area contributed by atoms with Crippen molar-refractivity contribution in [3.63, 3.8) is 0 Å². The summed E-state index contributed by atoms with van der Waals surface area (Å²) in [5, 5.41) is 0. The van der Waals surface area contributed by atoms with E-state index in [0.717, 1.165) is 6.42 Å². The molecule has 0 aromatic heterocycles. The summed E-state index contributed by atoms with van der Waals surface area (Å²) >= 11 is 0. The standard InChI is InChI=1S/C21H35/c1-2-4-6-8-10-12-14-16-18-20-21-19-17-15-13-11-9-7-5-3-1/h1-5H,6,8-21H2/b3-1+,4-2+,7-5?. The Morgan fingerprint density at radius 1 is 0.476 bits per heavy atom. The Balaban J connectivity index is 2.17. The lowest BCUT2D eigenvalue weighted by Gasteiger charge is -2.02. The maximum atomic E-state index is 3.37. The van der Waals surface area contributed by atoms with Gasteiger partial charge in [0.2, 0.25) is 0 Å². The maximum absolute atomic E-state index is 3.37. The fourth-order valence-corrected chi connectivity index (χ4v) is 2.88. The molecule has 0 fully saturated rings. The van der Waals surface area contributed by atoms with Gasteiger partial charge in [-0.2, -0.15) is 0 Å². The van der Waals surface area contributed by atoms with E-state index >= 15 is 0 Å². The Hall–Kier alpha value is -0.780. The van der Waals surface area contributed by atoms with E-state index in [4.69, 9.17) is 0 Å². The molecular weight excluding hydrogens is 252 g/mol. The summed E-state index contributed by atoms with van der Waals surface area (Å²) < 4.78 is 0. The minimum atomic E-state index is 1.12. The van der Waals surface area contributed by atoms with Crippen molar-refractivity contribution in [3.05, 3.63) is 36.5 Å². The normalized spacial score (nSPS) is 26.3. The molecule has 1 aliphatic rings. The van der Waals surface area contributed by atoms with E-state index in [1.165, 1.54) is 89.9 Å². The van der Waals surface area contributed by atoms with Crippen LogP contribution in [-0.2, 0) is 0 Å². The Kier molecular flexibility index (Phi) is 13.6.